The SMILES string of the molecule is CCCC(C)(N)C(=O)Nc1ccc(=O)n(C)c1.Cl. The third-order valence-corrected chi connectivity index (χ3v) is 2.63. The quantitative estimate of drug-likeness (QED) is 0.867. The van der Waals surface area contributed by atoms with Crippen LogP contribution in [0.4, 0.5) is 5.69 Å². The van der Waals surface area contributed by atoms with Gasteiger partial charge in [0.2, 0.25) is 11.5 Å². The van der Waals surface area contributed by atoms with Gasteiger partial charge in [0.25, 0.3) is 0 Å². The predicted molar refractivity (Wildman–Crippen MR) is 75.1 cm³/mol. The summed E-state index contributed by atoms with van der Waals surface area (Å²) in [6.45, 7) is 3.68. The Hall–Kier alpha value is -1.33. The van der Waals surface area contributed by atoms with Crippen molar-refractivity contribution in [2.75, 3.05) is 5.32 Å². The van der Waals surface area contributed by atoms with Gasteiger partial charge in [0.15, 0.2) is 0 Å². The molecule has 0 aromatic carbocycles. The van der Waals surface area contributed by atoms with Crippen LogP contribution in [0, 0.1) is 0 Å². The van der Waals surface area contributed by atoms with Crippen LogP contribution in [0.25, 0.3) is 0 Å². The number of amides is 1. The van der Waals surface area contributed by atoms with Crippen LogP contribution in [-0.4, -0.2) is 16.0 Å². The van der Waals surface area contributed by atoms with Crippen molar-refractivity contribution in [1.29, 1.82) is 0 Å². The molecule has 5 nitrogen and oxygen atoms in total. The molecule has 1 aromatic rings. The molecular weight excluding hydrogens is 254 g/mol. The van der Waals surface area contributed by atoms with Gasteiger partial charge in [-0.05, 0) is 19.4 Å². The Bertz CT molecular complexity index is 469. The minimum absolute atomic E-state index is 0. The summed E-state index contributed by atoms with van der Waals surface area (Å²) in [5.74, 6) is -0.238. The van der Waals surface area contributed by atoms with Gasteiger partial charge in [-0.1, -0.05) is 13.3 Å². The van der Waals surface area contributed by atoms with Crippen molar-refractivity contribution in [3.63, 3.8) is 0 Å². The fraction of sp³-hybridized carbons (Fsp3) is 0.500. The summed E-state index contributed by atoms with van der Waals surface area (Å²) < 4.78 is 1.41. The summed E-state index contributed by atoms with van der Waals surface area (Å²) >= 11 is 0. The van der Waals surface area contributed by atoms with Crippen LogP contribution < -0.4 is 16.6 Å². The van der Waals surface area contributed by atoms with E-state index >= 15 is 0 Å². The van der Waals surface area contributed by atoms with Gasteiger partial charge >= 0.3 is 0 Å². The molecule has 0 saturated heterocycles. The highest BCUT2D eigenvalue weighted by molar-refractivity contribution is 5.97. The number of hydrogen-bond acceptors (Lipinski definition) is 3. The average Bonchev–Trinajstić information content (AvgIpc) is 2.23. The second-order valence-electron chi connectivity index (χ2n) is 4.49. The van der Waals surface area contributed by atoms with Crippen molar-refractivity contribution >= 4 is 24.0 Å². The molecule has 0 radical (unpaired) electrons. The lowest BCUT2D eigenvalue weighted by Crippen LogP contribution is -2.48. The number of halogens is 1. The van der Waals surface area contributed by atoms with E-state index < -0.39 is 5.54 Å². The molecule has 1 unspecified atom stereocenters. The number of rotatable bonds is 4. The zero-order chi connectivity index (χ0) is 13.1. The number of hydrogen-bond donors (Lipinski definition) is 2. The number of aromatic nitrogens is 1. The van der Waals surface area contributed by atoms with Crippen LogP contribution in [0.3, 0.4) is 0 Å². The van der Waals surface area contributed by atoms with Crippen LogP contribution in [-0.2, 0) is 11.8 Å². The zero-order valence-electron chi connectivity index (χ0n) is 10.9. The first-order chi connectivity index (χ1) is 7.86. The van der Waals surface area contributed by atoms with E-state index in [2.05, 4.69) is 5.32 Å². The third kappa shape index (κ3) is 4.16. The fourth-order valence-electron chi connectivity index (χ4n) is 1.57. The highest BCUT2D eigenvalue weighted by Gasteiger charge is 2.27. The number of carbonyl (C=O) groups is 1. The molecule has 6 heteroatoms. The highest BCUT2D eigenvalue weighted by atomic mass is 35.5. The minimum atomic E-state index is -0.885. The molecule has 1 heterocycles. The molecule has 0 aliphatic rings. The third-order valence-electron chi connectivity index (χ3n) is 2.63. The first-order valence-electron chi connectivity index (χ1n) is 5.64. The smallest absolute Gasteiger partial charge is 0.250 e. The lowest BCUT2D eigenvalue weighted by molar-refractivity contribution is -0.120. The largest absolute Gasteiger partial charge is 0.323 e. The Morgan fingerprint density at radius 3 is 2.61 bits per heavy atom. The van der Waals surface area contributed by atoms with Crippen LogP contribution in [0.5, 0.6) is 0 Å². The summed E-state index contributed by atoms with van der Waals surface area (Å²) in [6.07, 6.45) is 3.03. The predicted octanol–water partition coefficient (Wildman–Crippen LogP) is 1.26. The van der Waals surface area contributed by atoms with E-state index in [9.17, 15) is 9.59 Å². The maximum Gasteiger partial charge on any atom is 0.250 e. The van der Waals surface area contributed by atoms with Crippen molar-refractivity contribution < 1.29 is 4.79 Å². The van der Waals surface area contributed by atoms with Crippen molar-refractivity contribution in [1.82, 2.24) is 4.57 Å². The molecule has 1 rings (SSSR count). The lowest BCUT2D eigenvalue weighted by Gasteiger charge is -2.22. The molecular formula is C12H20ClN3O2. The molecule has 0 aliphatic heterocycles. The number of pyridine rings is 1. The summed E-state index contributed by atoms with van der Waals surface area (Å²) in [4.78, 5) is 23.1. The molecule has 0 spiro atoms. The fourth-order valence-corrected chi connectivity index (χ4v) is 1.57. The monoisotopic (exact) mass is 273 g/mol. The molecule has 0 bridgehead atoms. The van der Waals surface area contributed by atoms with E-state index in [-0.39, 0.29) is 23.9 Å². The van der Waals surface area contributed by atoms with Gasteiger partial charge in [-0.2, -0.15) is 0 Å². The van der Waals surface area contributed by atoms with E-state index in [0.29, 0.717) is 12.1 Å². The summed E-state index contributed by atoms with van der Waals surface area (Å²) in [6, 6.07) is 2.98. The van der Waals surface area contributed by atoms with Crippen LogP contribution >= 0.6 is 12.4 Å². The first kappa shape index (κ1) is 16.7. The minimum Gasteiger partial charge on any atom is -0.323 e. The van der Waals surface area contributed by atoms with Crippen LogP contribution in [0.1, 0.15) is 26.7 Å². The van der Waals surface area contributed by atoms with Gasteiger partial charge in [-0.15, -0.1) is 12.4 Å². The van der Waals surface area contributed by atoms with Gasteiger partial charge in [-0.25, -0.2) is 0 Å². The van der Waals surface area contributed by atoms with E-state index in [0.717, 1.165) is 6.42 Å². The summed E-state index contributed by atoms with van der Waals surface area (Å²) in [5, 5.41) is 2.71. The normalized spacial score (nSPS) is 13.3. The van der Waals surface area contributed by atoms with Crippen molar-refractivity contribution in [3.8, 4) is 0 Å². The van der Waals surface area contributed by atoms with Gasteiger partial charge in [0.05, 0.1) is 11.2 Å². The molecule has 1 aromatic heterocycles. The van der Waals surface area contributed by atoms with E-state index in [4.69, 9.17) is 5.73 Å². The summed E-state index contributed by atoms with van der Waals surface area (Å²) in [5.41, 5.74) is 5.48. The molecule has 0 aliphatic carbocycles. The first-order valence-corrected chi connectivity index (χ1v) is 5.64. The lowest BCUT2D eigenvalue weighted by atomic mass is 9.96. The Balaban J connectivity index is 0.00000289. The number of carbonyl (C=O) groups excluding carboxylic acids is 1. The molecule has 1 atom stereocenters. The average molecular weight is 274 g/mol. The number of nitrogens with one attached hydrogen (secondary N) is 1. The Morgan fingerprint density at radius 1 is 1.50 bits per heavy atom. The number of anilines is 1. The molecule has 1 amide bonds. The Kier molecular flexibility index (Phi) is 6.08. The number of aryl methyl sites for hydroxylation is 1. The van der Waals surface area contributed by atoms with Gasteiger partial charge < -0.3 is 15.6 Å². The van der Waals surface area contributed by atoms with Crippen molar-refractivity contribution in [3.05, 3.63) is 28.7 Å². The van der Waals surface area contributed by atoms with Crippen molar-refractivity contribution in [2.45, 2.75) is 32.2 Å². The molecule has 18 heavy (non-hydrogen) atoms. The number of nitrogens with two attached hydrogens (primary N) is 1. The molecule has 3 N–H and O–H groups in total. The molecule has 0 fully saturated rings. The van der Waals surface area contributed by atoms with E-state index in [1.54, 1.807) is 26.2 Å². The number of nitrogens with zero attached hydrogens (tertiary/aromatic N) is 1. The second-order valence-corrected chi connectivity index (χ2v) is 4.49. The van der Waals surface area contributed by atoms with Gasteiger partial charge in [-0.3, -0.25) is 9.59 Å². The Morgan fingerprint density at radius 2 is 2.11 bits per heavy atom. The van der Waals surface area contributed by atoms with Crippen LogP contribution in [0.2, 0.25) is 0 Å². The zero-order valence-corrected chi connectivity index (χ0v) is 11.7. The van der Waals surface area contributed by atoms with Gasteiger partial charge in [0, 0.05) is 19.3 Å². The second kappa shape index (κ2) is 6.56. The summed E-state index contributed by atoms with van der Waals surface area (Å²) in [7, 11) is 1.63. The maximum absolute atomic E-state index is 11.9. The Labute approximate surface area is 113 Å². The van der Waals surface area contributed by atoms with Crippen molar-refractivity contribution in [2.24, 2.45) is 12.8 Å². The van der Waals surface area contributed by atoms with Gasteiger partial charge in [0.1, 0.15) is 0 Å². The highest BCUT2D eigenvalue weighted by Crippen LogP contribution is 2.12. The van der Waals surface area contributed by atoms with E-state index in [1.165, 1.54) is 10.6 Å². The molecule has 0 saturated carbocycles. The topological polar surface area (TPSA) is 77.1 Å². The maximum atomic E-state index is 11.9. The van der Waals surface area contributed by atoms with Crippen LogP contribution in [0.15, 0.2) is 23.1 Å². The molecule has 102 valence electrons. The standard InChI is InChI=1S/C12H19N3O2.ClH/c1-4-7-12(2,13)11(17)14-9-5-6-10(16)15(3)8-9;/h5-6,8H,4,7,13H2,1-3H3,(H,14,17);1H. The van der Waals surface area contributed by atoms with E-state index in [1.807, 2.05) is 6.92 Å².